The quantitative estimate of drug-likeness (QED) is 0.246. The second-order valence-electron chi connectivity index (χ2n) is 8.73. The number of aliphatic imine (C=N–C) groups is 1. The van der Waals surface area contributed by atoms with Gasteiger partial charge in [-0.2, -0.15) is 0 Å². The van der Waals surface area contributed by atoms with Crippen molar-refractivity contribution >= 4 is 29.1 Å². The van der Waals surface area contributed by atoms with Gasteiger partial charge in [-0.15, -0.1) is 0 Å². The van der Waals surface area contributed by atoms with E-state index in [-0.39, 0.29) is 22.5 Å². The van der Waals surface area contributed by atoms with Gasteiger partial charge >= 0.3 is 0 Å². The highest BCUT2D eigenvalue weighted by Gasteiger charge is 2.14. The highest BCUT2D eigenvalue weighted by Crippen LogP contribution is 2.18. The van der Waals surface area contributed by atoms with Gasteiger partial charge in [0.15, 0.2) is 16.8 Å². The van der Waals surface area contributed by atoms with E-state index >= 15 is 0 Å². The van der Waals surface area contributed by atoms with E-state index in [1.165, 1.54) is 5.56 Å². The van der Waals surface area contributed by atoms with Crippen molar-refractivity contribution in [1.82, 2.24) is 9.97 Å². The fourth-order valence-electron chi connectivity index (χ4n) is 3.41. The van der Waals surface area contributed by atoms with Crippen molar-refractivity contribution in [3.8, 4) is 5.75 Å². The number of hydrogen-bond acceptors (Lipinski definition) is 7. The van der Waals surface area contributed by atoms with E-state index in [0.29, 0.717) is 19.7 Å². The number of nitrogens with zero attached hydrogens (tertiary/aromatic N) is 4. The Morgan fingerprint density at radius 1 is 0.971 bits per heavy atom. The molecule has 180 valence electrons. The molecule has 1 heterocycles. The van der Waals surface area contributed by atoms with Gasteiger partial charge in [0.25, 0.3) is 0 Å². The summed E-state index contributed by atoms with van der Waals surface area (Å²) >= 11 is 5.84. The lowest BCUT2D eigenvalue weighted by Crippen LogP contribution is -2.43. The van der Waals surface area contributed by atoms with E-state index in [4.69, 9.17) is 27.8 Å². The third-order valence-electron chi connectivity index (χ3n) is 5.47. The first-order valence-corrected chi connectivity index (χ1v) is 11.5. The minimum Gasteiger partial charge on any atom is -0.857 e. The molecule has 0 amide bonds. The molecule has 0 atom stereocenters. The molecule has 4 N–H and O–H groups in total. The van der Waals surface area contributed by atoms with Crippen LogP contribution in [0.4, 0.5) is 11.6 Å². The number of benzene rings is 2. The number of anilines is 2. The van der Waals surface area contributed by atoms with Crippen molar-refractivity contribution in [3.63, 3.8) is 0 Å². The van der Waals surface area contributed by atoms with Crippen molar-refractivity contribution in [2.45, 2.75) is 19.4 Å². The second kappa shape index (κ2) is 11.7. The topological polar surface area (TPSA) is 122 Å². The summed E-state index contributed by atoms with van der Waals surface area (Å²) in [6.45, 7) is 2.56. The Morgan fingerprint density at radius 3 is 2.38 bits per heavy atom. The summed E-state index contributed by atoms with van der Waals surface area (Å²) in [6, 6.07) is 18.4. The van der Waals surface area contributed by atoms with E-state index in [0.717, 1.165) is 35.2 Å². The number of nitrogen functional groups attached to an aromatic ring is 2. The molecule has 1 aromatic heterocycles. The summed E-state index contributed by atoms with van der Waals surface area (Å²) in [5, 5.41) is 12.2. The summed E-state index contributed by atoms with van der Waals surface area (Å²) < 4.78 is 6.59. The van der Waals surface area contributed by atoms with Gasteiger partial charge in [-0.3, -0.25) is 4.99 Å². The zero-order valence-corrected chi connectivity index (χ0v) is 20.3. The van der Waals surface area contributed by atoms with Gasteiger partial charge in [0.2, 0.25) is 0 Å². The number of aryl methyl sites for hydroxylation is 1. The van der Waals surface area contributed by atoms with Crippen LogP contribution in [0.1, 0.15) is 23.2 Å². The molecule has 0 aliphatic carbocycles. The van der Waals surface area contributed by atoms with Crippen LogP contribution in [0.3, 0.4) is 0 Å². The van der Waals surface area contributed by atoms with Gasteiger partial charge in [-0.05, 0) is 29.7 Å². The standard InChI is InChI=1S/C25H31ClN6O2/c1-32(2,16-14-29-25(33)21-23(27)31-24(28)22(26)30-21)15-6-9-18-10-12-20(13-11-18)34-17-19-7-4-3-5-8-19/h3-5,7-8,10-13H,6,9,14-17H2,1-2H3,(H4-,27,28,29,31,33). The monoisotopic (exact) mass is 482 g/mol. The molecule has 0 spiro atoms. The lowest BCUT2D eigenvalue weighted by molar-refractivity contribution is -0.889. The molecule has 2 aromatic carbocycles. The molecule has 8 nitrogen and oxygen atoms in total. The predicted molar refractivity (Wildman–Crippen MR) is 135 cm³/mol. The minimum absolute atomic E-state index is 0.0112. The first-order valence-electron chi connectivity index (χ1n) is 11.1. The molecule has 3 rings (SSSR count). The maximum absolute atomic E-state index is 12.3. The third-order valence-corrected chi connectivity index (χ3v) is 5.75. The van der Waals surface area contributed by atoms with Crippen LogP contribution in [-0.4, -0.2) is 54.1 Å². The van der Waals surface area contributed by atoms with Gasteiger partial charge in [0.1, 0.15) is 18.1 Å². The smallest absolute Gasteiger partial charge is 0.172 e. The van der Waals surface area contributed by atoms with E-state index in [2.05, 4.69) is 53.3 Å². The molecule has 0 bridgehead atoms. The molecule has 3 aromatic rings. The van der Waals surface area contributed by atoms with E-state index < -0.39 is 5.90 Å². The van der Waals surface area contributed by atoms with Gasteiger partial charge in [-0.25, -0.2) is 9.97 Å². The Hall–Kier alpha value is -3.36. The Balaban J connectivity index is 1.42. The van der Waals surface area contributed by atoms with Crippen molar-refractivity contribution in [1.29, 1.82) is 0 Å². The first-order chi connectivity index (χ1) is 16.2. The van der Waals surface area contributed by atoms with Crippen LogP contribution in [0.5, 0.6) is 5.75 Å². The third kappa shape index (κ3) is 7.60. The zero-order valence-electron chi connectivity index (χ0n) is 19.6. The number of rotatable bonds is 11. The van der Waals surface area contributed by atoms with Crippen LogP contribution < -0.4 is 21.3 Å². The molecule has 9 heteroatoms. The van der Waals surface area contributed by atoms with Crippen molar-refractivity contribution < 1.29 is 14.3 Å². The molecule has 0 aliphatic rings. The van der Waals surface area contributed by atoms with Gasteiger partial charge in [0, 0.05) is 12.3 Å². The Morgan fingerprint density at radius 2 is 1.68 bits per heavy atom. The Kier molecular flexibility index (Phi) is 8.67. The molecule has 0 saturated carbocycles. The fourth-order valence-corrected chi connectivity index (χ4v) is 3.54. The first kappa shape index (κ1) is 25.3. The summed E-state index contributed by atoms with van der Waals surface area (Å²) in [5.74, 6) is 0.243. The van der Waals surface area contributed by atoms with Crippen LogP contribution >= 0.6 is 11.6 Å². The average Bonchev–Trinajstić information content (AvgIpc) is 2.81. The highest BCUT2D eigenvalue weighted by molar-refractivity contribution is 6.31. The molecule has 34 heavy (non-hydrogen) atoms. The molecule has 0 unspecified atom stereocenters. The average molecular weight is 483 g/mol. The summed E-state index contributed by atoms with van der Waals surface area (Å²) in [5.41, 5.74) is 13.6. The fraction of sp³-hybridized carbons (Fsp3) is 0.320. The van der Waals surface area contributed by atoms with Crippen LogP contribution in [0.15, 0.2) is 59.6 Å². The van der Waals surface area contributed by atoms with Crippen LogP contribution in [0.25, 0.3) is 0 Å². The van der Waals surface area contributed by atoms with Crippen molar-refractivity contribution in [2.75, 3.05) is 45.2 Å². The Labute approximate surface area is 205 Å². The maximum atomic E-state index is 12.3. The van der Waals surface area contributed by atoms with E-state index in [1.807, 2.05) is 30.3 Å². The summed E-state index contributed by atoms with van der Waals surface area (Å²) in [6.07, 6.45) is 1.98. The van der Waals surface area contributed by atoms with Crippen LogP contribution in [0, 0.1) is 0 Å². The number of quaternary nitrogens is 1. The van der Waals surface area contributed by atoms with E-state index in [1.54, 1.807) is 0 Å². The molecule has 0 fully saturated rings. The van der Waals surface area contributed by atoms with Crippen molar-refractivity contribution in [3.05, 3.63) is 76.6 Å². The normalized spacial score (nSPS) is 12.0. The number of likely N-dealkylation sites (N-methyl/N-ethyl adjacent to an activating group) is 1. The van der Waals surface area contributed by atoms with E-state index in [9.17, 15) is 5.11 Å². The highest BCUT2D eigenvalue weighted by atomic mass is 35.5. The molecular weight excluding hydrogens is 452 g/mol. The zero-order chi connectivity index (χ0) is 24.6. The van der Waals surface area contributed by atoms with Gasteiger partial charge in [0.05, 0.1) is 33.7 Å². The number of halogens is 1. The minimum atomic E-state index is -0.540. The SMILES string of the molecule is C[N+](C)(CCCc1ccc(OCc2ccccc2)cc1)CCN=C([O-])c1nc(Cl)c(N)nc1N. The summed E-state index contributed by atoms with van der Waals surface area (Å²) in [7, 11) is 4.24. The lowest BCUT2D eigenvalue weighted by atomic mass is 10.1. The van der Waals surface area contributed by atoms with Crippen LogP contribution in [0.2, 0.25) is 5.15 Å². The number of hydrogen-bond donors (Lipinski definition) is 2. The molecule has 0 saturated heterocycles. The molecule has 0 radical (unpaired) electrons. The predicted octanol–water partition coefficient (Wildman–Crippen LogP) is 2.69. The van der Waals surface area contributed by atoms with Crippen LogP contribution in [-0.2, 0) is 13.0 Å². The lowest BCUT2D eigenvalue weighted by Gasteiger charge is -2.29. The largest absolute Gasteiger partial charge is 0.857 e. The van der Waals surface area contributed by atoms with Gasteiger partial charge in [-0.1, -0.05) is 54.1 Å². The number of aromatic nitrogens is 2. The second-order valence-corrected chi connectivity index (χ2v) is 9.08. The summed E-state index contributed by atoms with van der Waals surface area (Å²) in [4.78, 5) is 11.8. The number of nitrogens with two attached hydrogens (primary N) is 2. The maximum Gasteiger partial charge on any atom is 0.172 e. The van der Waals surface area contributed by atoms with Crippen molar-refractivity contribution in [2.24, 2.45) is 4.99 Å². The number of ether oxygens (including phenoxy) is 1. The molecular formula is C25H31ClN6O2. The molecule has 0 aliphatic heterocycles. The van der Waals surface area contributed by atoms with Gasteiger partial charge < -0.3 is 25.8 Å². The Bertz CT molecular complexity index is 1100.